The van der Waals surface area contributed by atoms with Gasteiger partial charge < -0.3 is 5.32 Å². The zero-order valence-corrected chi connectivity index (χ0v) is 10.3. The third-order valence-corrected chi connectivity index (χ3v) is 3.59. The normalized spacial score (nSPS) is 24.7. The molecule has 2 unspecified atom stereocenters. The molecule has 90 valence electrons. The molecule has 2 atom stereocenters. The molecular formula is C14H19N3. The smallest absolute Gasteiger partial charge is 0.140 e. The predicted octanol–water partition coefficient (Wildman–Crippen LogP) is 3.33. The first-order valence-corrected chi connectivity index (χ1v) is 6.42. The predicted molar refractivity (Wildman–Crippen MR) is 68.6 cm³/mol. The van der Waals surface area contributed by atoms with E-state index in [9.17, 15) is 0 Å². The topological polar surface area (TPSA) is 48.7 Å². The molecule has 2 rings (SSSR count). The molecule has 0 saturated heterocycles. The van der Waals surface area contributed by atoms with Gasteiger partial charge in [0, 0.05) is 6.04 Å². The molecule has 0 spiro atoms. The number of nitrogens with one attached hydrogen (secondary N) is 1. The minimum atomic E-state index is 0.476. The maximum Gasteiger partial charge on any atom is 0.140 e. The van der Waals surface area contributed by atoms with Gasteiger partial charge in [0.15, 0.2) is 0 Å². The van der Waals surface area contributed by atoms with E-state index in [0.717, 1.165) is 5.69 Å². The van der Waals surface area contributed by atoms with Gasteiger partial charge in [-0.15, -0.1) is 0 Å². The molecule has 0 aliphatic heterocycles. The highest BCUT2D eigenvalue weighted by Gasteiger charge is 2.19. The summed E-state index contributed by atoms with van der Waals surface area (Å²) in [5.41, 5.74) is 1.51. The van der Waals surface area contributed by atoms with Crippen LogP contribution in [0.3, 0.4) is 0 Å². The summed E-state index contributed by atoms with van der Waals surface area (Å²) >= 11 is 0. The van der Waals surface area contributed by atoms with Crippen LogP contribution < -0.4 is 5.32 Å². The molecule has 0 amide bonds. The van der Waals surface area contributed by atoms with Crippen molar-refractivity contribution in [2.45, 2.75) is 45.1 Å². The standard InChI is InChI=1S/C14H19N3/c1-11-5-3-2-4-6-14(11)17-13-8-7-12(9-15)16-10-13/h7-8,10-11,14,17H,2-6H2,1H3. The van der Waals surface area contributed by atoms with Crippen molar-refractivity contribution in [2.24, 2.45) is 5.92 Å². The third kappa shape index (κ3) is 3.20. The minimum absolute atomic E-state index is 0.476. The summed E-state index contributed by atoms with van der Waals surface area (Å²) in [6.45, 7) is 2.32. The van der Waals surface area contributed by atoms with E-state index in [1.165, 1.54) is 32.1 Å². The molecule has 0 aromatic carbocycles. The van der Waals surface area contributed by atoms with Crippen LogP contribution in [0.1, 0.15) is 44.7 Å². The second-order valence-electron chi connectivity index (χ2n) is 4.91. The molecule has 3 nitrogen and oxygen atoms in total. The van der Waals surface area contributed by atoms with E-state index in [2.05, 4.69) is 17.2 Å². The molecule has 1 fully saturated rings. The fraction of sp³-hybridized carbons (Fsp3) is 0.571. The Morgan fingerprint density at radius 2 is 2.12 bits per heavy atom. The molecule has 17 heavy (non-hydrogen) atoms. The van der Waals surface area contributed by atoms with Gasteiger partial charge in [0.25, 0.3) is 0 Å². The monoisotopic (exact) mass is 229 g/mol. The molecule has 1 heterocycles. The lowest BCUT2D eigenvalue weighted by molar-refractivity contribution is 0.456. The van der Waals surface area contributed by atoms with E-state index < -0.39 is 0 Å². The lowest BCUT2D eigenvalue weighted by Gasteiger charge is -2.23. The van der Waals surface area contributed by atoms with Gasteiger partial charge in [-0.3, -0.25) is 0 Å². The molecule has 0 radical (unpaired) electrons. The van der Waals surface area contributed by atoms with Gasteiger partial charge >= 0.3 is 0 Å². The Morgan fingerprint density at radius 3 is 2.82 bits per heavy atom. The molecule has 1 N–H and O–H groups in total. The van der Waals surface area contributed by atoms with Crippen molar-refractivity contribution in [1.29, 1.82) is 5.26 Å². The third-order valence-electron chi connectivity index (χ3n) is 3.59. The van der Waals surface area contributed by atoms with Gasteiger partial charge in [0.2, 0.25) is 0 Å². The van der Waals surface area contributed by atoms with Crippen LogP contribution in [-0.4, -0.2) is 11.0 Å². The summed E-state index contributed by atoms with van der Waals surface area (Å²) in [5.74, 6) is 0.716. The molecular weight excluding hydrogens is 210 g/mol. The molecule has 3 heteroatoms. The molecule has 1 aromatic heterocycles. The maximum atomic E-state index is 8.70. The molecule has 1 aliphatic rings. The summed E-state index contributed by atoms with van der Waals surface area (Å²) in [7, 11) is 0. The molecule has 1 saturated carbocycles. The van der Waals surface area contributed by atoms with E-state index in [1.807, 2.05) is 12.1 Å². The summed E-state index contributed by atoms with van der Waals surface area (Å²) in [4.78, 5) is 4.09. The van der Waals surface area contributed by atoms with Crippen LogP contribution >= 0.6 is 0 Å². The van der Waals surface area contributed by atoms with E-state index in [-0.39, 0.29) is 0 Å². The zero-order valence-electron chi connectivity index (χ0n) is 10.3. The van der Waals surface area contributed by atoms with Crippen LogP contribution in [0.15, 0.2) is 18.3 Å². The molecule has 1 aliphatic carbocycles. The van der Waals surface area contributed by atoms with Crippen molar-refractivity contribution in [3.05, 3.63) is 24.0 Å². The first-order valence-electron chi connectivity index (χ1n) is 6.42. The number of hydrogen-bond acceptors (Lipinski definition) is 3. The van der Waals surface area contributed by atoms with Crippen LogP contribution in [0.5, 0.6) is 0 Å². The Hall–Kier alpha value is -1.56. The van der Waals surface area contributed by atoms with Crippen molar-refractivity contribution in [3.63, 3.8) is 0 Å². The summed E-state index contributed by atoms with van der Waals surface area (Å²) < 4.78 is 0. The van der Waals surface area contributed by atoms with Gasteiger partial charge in [0.1, 0.15) is 11.8 Å². The van der Waals surface area contributed by atoms with E-state index in [4.69, 9.17) is 5.26 Å². The highest BCUT2D eigenvalue weighted by Crippen LogP contribution is 2.25. The van der Waals surface area contributed by atoms with Crippen molar-refractivity contribution in [3.8, 4) is 6.07 Å². The number of pyridine rings is 1. The fourth-order valence-electron chi connectivity index (χ4n) is 2.47. The quantitative estimate of drug-likeness (QED) is 0.791. The van der Waals surface area contributed by atoms with E-state index in [0.29, 0.717) is 17.7 Å². The van der Waals surface area contributed by atoms with Crippen LogP contribution in [0.2, 0.25) is 0 Å². The van der Waals surface area contributed by atoms with Crippen LogP contribution in [-0.2, 0) is 0 Å². The lowest BCUT2D eigenvalue weighted by Crippen LogP contribution is -2.26. The summed E-state index contributed by atoms with van der Waals surface area (Å²) in [6, 6.07) is 6.30. The Bertz CT molecular complexity index is 391. The SMILES string of the molecule is CC1CCCCCC1Nc1ccc(C#N)nc1. The van der Waals surface area contributed by atoms with Gasteiger partial charge in [-0.25, -0.2) is 4.98 Å². The Morgan fingerprint density at radius 1 is 1.29 bits per heavy atom. The molecule has 1 aromatic rings. The number of nitrogens with zero attached hydrogens (tertiary/aromatic N) is 2. The van der Waals surface area contributed by atoms with Crippen molar-refractivity contribution >= 4 is 5.69 Å². The fourth-order valence-corrected chi connectivity index (χ4v) is 2.47. The summed E-state index contributed by atoms with van der Waals surface area (Å²) in [6.07, 6.45) is 8.32. The number of anilines is 1. The van der Waals surface area contributed by atoms with Gasteiger partial charge in [-0.05, 0) is 30.9 Å². The van der Waals surface area contributed by atoms with Crippen LogP contribution in [0.25, 0.3) is 0 Å². The van der Waals surface area contributed by atoms with Crippen molar-refractivity contribution in [1.82, 2.24) is 4.98 Å². The minimum Gasteiger partial charge on any atom is -0.381 e. The maximum absolute atomic E-state index is 8.70. The van der Waals surface area contributed by atoms with Crippen LogP contribution in [0, 0.1) is 17.2 Å². The van der Waals surface area contributed by atoms with Crippen molar-refractivity contribution in [2.75, 3.05) is 5.32 Å². The van der Waals surface area contributed by atoms with Gasteiger partial charge in [0.05, 0.1) is 11.9 Å². The average Bonchev–Trinajstić information content (AvgIpc) is 2.56. The zero-order chi connectivity index (χ0) is 12.1. The Balaban J connectivity index is 2.01. The number of nitriles is 1. The number of aromatic nitrogens is 1. The second kappa shape index (κ2) is 5.67. The van der Waals surface area contributed by atoms with Gasteiger partial charge in [-0.1, -0.05) is 26.2 Å². The Labute approximate surface area is 103 Å². The highest BCUT2D eigenvalue weighted by atomic mass is 14.9. The van der Waals surface area contributed by atoms with Gasteiger partial charge in [-0.2, -0.15) is 5.26 Å². The highest BCUT2D eigenvalue weighted by molar-refractivity contribution is 5.43. The number of rotatable bonds is 2. The number of hydrogen-bond donors (Lipinski definition) is 1. The summed E-state index contributed by atoms with van der Waals surface area (Å²) in [5, 5.41) is 12.2. The molecule has 0 bridgehead atoms. The van der Waals surface area contributed by atoms with Crippen LogP contribution in [0.4, 0.5) is 5.69 Å². The first kappa shape index (κ1) is 11.9. The average molecular weight is 229 g/mol. The largest absolute Gasteiger partial charge is 0.381 e. The van der Waals surface area contributed by atoms with E-state index in [1.54, 1.807) is 12.3 Å². The Kier molecular flexibility index (Phi) is 3.98. The first-order chi connectivity index (χ1) is 8.29. The lowest BCUT2D eigenvalue weighted by atomic mass is 9.97. The van der Waals surface area contributed by atoms with Crippen molar-refractivity contribution < 1.29 is 0 Å². The van der Waals surface area contributed by atoms with E-state index >= 15 is 0 Å². The second-order valence-corrected chi connectivity index (χ2v) is 4.91.